The van der Waals surface area contributed by atoms with Crippen LogP contribution in [0, 0.1) is 11.8 Å². The Morgan fingerprint density at radius 3 is 2.84 bits per heavy atom. The van der Waals surface area contributed by atoms with Crippen molar-refractivity contribution in [2.75, 3.05) is 19.3 Å². The van der Waals surface area contributed by atoms with Crippen molar-refractivity contribution in [1.29, 1.82) is 0 Å². The molecular formula is C13H18N2O2S2. The summed E-state index contributed by atoms with van der Waals surface area (Å²) in [5.74, 6) is 5.52. The molecule has 3 N–H and O–H groups in total. The molecule has 0 radical (unpaired) electrons. The highest BCUT2D eigenvalue weighted by atomic mass is 32.2. The zero-order valence-corrected chi connectivity index (χ0v) is 12.6. The lowest BCUT2D eigenvalue weighted by Gasteiger charge is -2.10. The van der Waals surface area contributed by atoms with Crippen molar-refractivity contribution in [2.24, 2.45) is 5.73 Å². The summed E-state index contributed by atoms with van der Waals surface area (Å²) in [7, 11) is -3.48. The summed E-state index contributed by atoms with van der Waals surface area (Å²) in [6, 6.07) is 6.54. The number of nitrogens with one attached hydrogen (secondary N) is 1. The molecule has 0 fully saturated rings. The summed E-state index contributed by atoms with van der Waals surface area (Å²) in [5.41, 5.74) is 5.93. The van der Waals surface area contributed by atoms with Crippen LogP contribution in [0.3, 0.4) is 0 Å². The average Bonchev–Trinajstić information content (AvgIpc) is 2.43. The van der Waals surface area contributed by atoms with E-state index in [9.17, 15) is 8.42 Å². The van der Waals surface area contributed by atoms with E-state index in [-0.39, 0.29) is 16.7 Å². The second kappa shape index (κ2) is 7.56. The normalized spacial score (nSPS) is 12.6. The van der Waals surface area contributed by atoms with Crippen LogP contribution < -0.4 is 10.5 Å². The quantitative estimate of drug-likeness (QED) is 0.796. The molecule has 0 aliphatic carbocycles. The predicted molar refractivity (Wildman–Crippen MR) is 80.5 cm³/mol. The first-order valence-corrected chi connectivity index (χ1v) is 8.58. The molecule has 0 amide bonds. The van der Waals surface area contributed by atoms with E-state index < -0.39 is 10.0 Å². The van der Waals surface area contributed by atoms with Crippen LogP contribution in [0.5, 0.6) is 0 Å². The number of hydrogen-bond donors (Lipinski definition) is 2. The van der Waals surface area contributed by atoms with Crippen molar-refractivity contribution in [1.82, 2.24) is 4.72 Å². The summed E-state index contributed by atoms with van der Waals surface area (Å²) >= 11 is 1.61. The average molecular weight is 298 g/mol. The number of thioether (sulfide) groups is 1. The molecule has 1 rings (SSSR count). The number of sulfonamides is 1. The highest BCUT2D eigenvalue weighted by molar-refractivity contribution is 7.99. The molecule has 19 heavy (non-hydrogen) atoms. The van der Waals surface area contributed by atoms with E-state index >= 15 is 0 Å². The maximum absolute atomic E-state index is 12.1. The summed E-state index contributed by atoms with van der Waals surface area (Å²) in [4.78, 5) is 0.227. The Kier molecular flexibility index (Phi) is 6.38. The van der Waals surface area contributed by atoms with Gasteiger partial charge < -0.3 is 5.73 Å². The van der Waals surface area contributed by atoms with E-state index in [0.29, 0.717) is 12.1 Å². The summed E-state index contributed by atoms with van der Waals surface area (Å²) in [6.07, 6.45) is 1.95. The molecule has 4 nitrogen and oxygen atoms in total. The Bertz CT molecular complexity index is 574. The Hall–Kier alpha value is -1.00. The number of benzene rings is 1. The second-order valence-electron chi connectivity index (χ2n) is 3.93. The van der Waals surface area contributed by atoms with Gasteiger partial charge in [0.05, 0.1) is 11.4 Å². The van der Waals surface area contributed by atoms with E-state index in [1.807, 2.05) is 13.2 Å². The third-order valence-corrected chi connectivity index (χ3v) is 4.83. The van der Waals surface area contributed by atoms with E-state index in [2.05, 4.69) is 16.6 Å². The summed E-state index contributed by atoms with van der Waals surface area (Å²) in [6.45, 7) is 2.62. The van der Waals surface area contributed by atoms with Crippen LogP contribution >= 0.6 is 11.8 Å². The minimum Gasteiger partial charge on any atom is -0.320 e. The van der Waals surface area contributed by atoms with Crippen molar-refractivity contribution in [2.45, 2.75) is 17.1 Å². The third kappa shape index (κ3) is 5.25. The highest BCUT2D eigenvalue weighted by Crippen LogP contribution is 2.12. The predicted octanol–water partition coefficient (Wildman–Crippen LogP) is 1.03. The highest BCUT2D eigenvalue weighted by Gasteiger charge is 2.14. The molecule has 1 aromatic carbocycles. The molecule has 6 heteroatoms. The molecule has 0 saturated heterocycles. The lowest BCUT2D eigenvalue weighted by molar-refractivity contribution is 0.581. The van der Waals surface area contributed by atoms with Crippen molar-refractivity contribution in [3.63, 3.8) is 0 Å². The van der Waals surface area contributed by atoms with Crippen molar-refractivity contribution in [3.05, 3.63) is 29.8 Å². The molecule has 0 bridgehead atoms. The van der Waals surface area contributed by atoms with Gasteiger partial charge in [0.2, 0.25) is 10.0 Å². The van der Waals surface area contributed by atoms with Gasteiger partial charge in [0, 0.05) is 17.4 Å². The van der Waals surface area contributed by atoms with Crippen LogP contribution in [0.1, 0.15) is 12.5 Å². The topological polar surface area (TPSA) is 72.2 Å². The van der Waals surface area contributed by atoms with Gasteiger partial charge >= 0.3 is 0 Å². The molecule has 104 valence electrons. The van der Waals surface area contributed by atoms with Crippen LogP contribution in [0.15, 0.2) is 29.2 Å². The van der Waals surface area contributed by atoms with Gasteiger partial charge in [-0.3, -0.25) is 0 Å². The Balaban J connectivity index is 2.89. The lowest BCUT2D eigenvalue weighted by Crippen LogP contribution is -2.29. The van der Waals surface area contributed by atoms with Crippen molar-refractivity contribution in [3.8, 4) is 11.8 Å². The first kappa shape index (κ1) is 16.1. The van der Waals surface area contributed by atoms with Crippen LogP contribution in [0.25, 0.3) is 0 Å². The smallest absolute Gasteiger partial charge is 0.240 e. The third-order valence-electron chi connectivity index (χ3n) is 2.44. The van der Waals surface area contributed by atoms with E-state index in [1.165, 1.54) is 0 Å². The molecule has 0 heterocycles. The minimum absolute atomic E-state index is 0.227. The number of rotatable bonds is 5. The van der Waals surface area contributed by atoms with E-state index in [0.717, 1.165) is 0 Å². The first-order valence-electron chi connectivity index (χ1n) is 5.81. The van der Waals surface area contributed by atoms with Gasteiger partial charge in [-0.15, -0.1) is 0 Å². The van der Waals surface area contributed by atoms with E-state index in [1.54, 1.807) is 36.0 Å². The molecule has 1 aromatic rings. The molecule has 1 atom stereocenters. The molecule has 0 spiro atoms. The Morgan fingerprint density at radius 1 is 1.47 bits per heavy atom. The fraction of sp³-hybridized carbons (Fsp3) is 0.385. The minimum atomic E-state index is -3.48. The number of hydrogen-bond acceptors (Lipinski definition) is 4. The van der Waals surface area contributed by atoms with Gasteiger partial charge in [0.1, 0.15) is 0 Å². The Labute approximate surface area is 119 Å². The van der Waals surface area contributed by atoms with Crippen molar-refractivity contribution >= 4 is 21.8 Å². The molecule has 0 aromatic heterocycles. The van der Waals surface area contributed by atoms with Crippen LogP contribution in [0.4, 0.5) is 0 Å². The second-order valence-corrected chi connectivity index (χ2v) is 6.98. The first-order chi connectivity index (χ1) is 8.99. The fourth-order valence-electron chi connectivity index (χ4n) is 1.29. The molecule has 1 unspecified atom stereocenters. The standard InChI is InChI=1S/C13H18N2O2S2/c1-11(18-2)10-15-19(16,17)13-7-3-5-12(9-13)6-4-8-14/h3,5,7,9,11,15H,8,10,14H2,1-2H3. The van der Waals surface area contributed by atoms with Gasteiger partial charge in [-0.25, -0.2) is 13.1 Å². The Morgan fingerprint density at radius 2 is 2.21 bits per heavy atom. The zero-order chi connectivity index (χ0) is 14.3. The fourth-order valence-corrected chi connectivity index (χ4v) is 2.82. The van der Waals surface area contributed by atoms with Gasteiger partial charge in [-0.1, -0.05) is 24.8 Å². The lowest BCUT2D eigenvalue weighted by atomic mass is 10.2. The molecule has 0 aliphatic heterocycles. The van der Waals surface area contributed by atoms with Crippen molar-refractivity contribution < 1.29 is 8.42 Å². The zero-order valence-electron chi connectivity index (χ0n) is 11.0. The number of nitrogens with two attached hydrogens (primary N) is 1. The SMILES string of the molecule is CSC(C)CNS(=O)(=O)c1cccc(C#CCN)c1. The summed E-state index contributed by atoms with van der Waals surface area (Å²) < 4.78 is 26.8. The monoisotopic (exact) mass is 298 g/mol. The van der Waals surface area contributed by atoms with Gasteiger partial charge in [0.25, 0.3) is 0 Å². The van der Waals surface area contributed by atoms with Gasteiger partial charge in [0.15, 0.2) is 0 Å². The van der Waals surface area contributed by atoms with E-state index in [4.69, 9.17) is 5.73 Å². The van der Waals surface area contributed by atoms with Gasteiger partial charge in [-0.2, -0.15) is 11.8 Å². The molecule has 0 saturated carbocycles. The largest absolute Gasteiger partial charge is 0.320 e. The van der Waals surface area contributed by atoms with Gasteiger partial charge in [-0.05, 0) is 24.5 Å². The van der Waals surface area contributed by atoms with Crippen LogP contribution in [-0.4, -0.2) is 33.0 Å². The summed E-state index contributed by atoms with van der Waals surface area (Å²) in [5, 5.41) is 0.231. The molecular weight excluding hydrogens is 280 g/mol. The maximum atomic E-state index is 12.1. The van der Waals surface area contributed by atoms with Crippen LogP contribution in [-0.2, 0) is 10.0 Å². The van der Waals surface area contributed by atoms with Crippen LogP contribution in [0.2, 0.25) is 0 Å². The maximum Gasteiger partial charge on any atom is 0.240 e. The molecule has 0 aliphatic rings.